The highest BCUT2D eigenvalue weighted by molar-refractivity contribution is 6.32. The maximum Gasteiger partial charge on any atom is 0.288 e. The van der Waals surface area contributed by atoms with Gasteiger partial charge in [-0.1, -0.05) is 47.5 Å². The zero-order valence-electron chi connectivity index (χ0n) is 16.8. The van der Waals surface area contributed by atoms with Gasteiger partial charge in [0.15, 0.2) is 0 Å². The molecule has 2 aromatic carbocycles. The molecule has 1 aliphatic heterocycles. The molecule has 0 spiro atoms. The van der Waals surface area contributed by atoms with Gasteiger partial charge in [-0.3, -0.25) is 24.7 Å². The van der Waals surface area contributed by atoms with Gasteiger partial charge in [0.05, 0.1) is 17.7 Å². The molecule has 158 valence electrons. The first kappa shape index (κ1) is 21.9. The lowest BCUT2D eigenvalue weighted by atomic mass is 10.1. The second kappa shape index (κ2) is 10.3. The molecule has 1 heterocycles. The molecule has 0 unspecified atom stereocenters. The topological polar surface area (TPSA) is 91.1 Å². The summed E-state index contributed by atoms with van der Waals surface area (Å²) in [5.74, 6) is -0.221. The summed E-state index contributed by atoms with van der Waals surface area (Å²) in [5, 5.41) is 14.9. The Kier molecular flexibility index (Phi) is 7.51. The first-order valence-electron chi connectivity index (χ1n) is 9.67. The van der Waals surface area contributed by atoms with Crippen molar-refractivity contribution in [1.29, 1.82) is 0 Å². The van der Waals surface area contributed by atoms with E-state index in [4.69, 9.17) is 11.6 Å². The number of hydrogen-bond acceptors (Lipinski definition) is 6. The second-order valence-corrected chi connectivity index (χ2v) is 7.71. The van der Waals surface area contributed by atoms with E-state index in [1.165, 1.54) is 29.5 Å². The van der Waals surface area contributed by atoms with Crippen LogP contribution in [0.3, 0.4) is 0 Å². The Labute approximate surface area is 180 Å². The van der Waals surface area contributed by atoms with Gasteiger partial charge in [0.1, 0.15) is 5.02 Å². The van der Waals surface area contributed by atoms with Gasteiger partial charge in [0.25, 0.3) is 11.6 Å². The van der Waals surface area contributed by atoms with Gasteiger partial charge in [0.2, 0.25) is 0 Å². The molecule has 1 amide bonds. The van der Waals surface area contributed by atoms with E-state index in [1.54, 1.807) is 6.07 Å². The molecular formula is C21H24ClN5O3. The maximum atomic E-state index is 12.1. The van der Waals surface area contributed by atoms with Crippen LogP contribution in [0.1, 0.15) is 16.7 Å². The number of nitro benzene ring substituents is 1. The first-order chi connectivity index (χ1) is 14.4. The molecule has 0 radical (unpaired) electrons. The number of nitrogens with zero attached hydrogens (tertiary/aromatic N) is 4. The molecular weight excluding hydrogens is 406 g/mol. The van der Waals surface area contributed by atoms with Crippen LogP contribution in [0.25, 0.3) is 0 Å². The average Bonchev–Trinajstić information content (AvgIpc) is 2.72. The molecule has 0 bridgehead atoms. The van der Waals surface area contributed by atoms with E-state index >= 15 is 0 Å². The minimum absolute atomic E-state index is 0.0581. The van der Waals surface area contributed by atoms with Gasteiger partial charge < -0.3 is 0 Å². The van der Waals surface area contributed by atoms with Crippen LogP contribution in [0, 0.1) is 17.0 Å². The minimum atomic E-state index is -0.559. The van der Waals surface area contributed by atoms with Crippen molar-refractivity contribution in [3.63, 3.8) is 0 Å². The summed E-state index contributed by atoms with van der Waals surface area (Å²) in [5.41, 5.74) is 5.31. The smallest absolute Gasteiger partial charge is 0.288 e. The van der Waals surface area contributed by atoms with Gasteiger partial charge in [-0.25, -0.2) is 5.43 Å². The van der Waals surface area contributed by atoms with Crippen molar-refractivity contribution in [2.75, 3.05) is 32.7 Å². The van der Waals surface area contributed by atoms with Crippen LogP contribution in [0.15, 0.2) is 47.6 Å². The third kappa shape index (κ3) is 6.35. The number of hydrogen-bond donors (Lipinski definition) is 1. The molecule has 1 fully saturated rings. The van der Waals surface area contributed by atoms with Crippen LogP contribution >= 0.6 is 11.6 Å². The van der Waals surface area contributed by atoms with Crippen molar-refractivity contribution < 1.29 is 9.72 Å². The quantitative estimate of drug-likeness (QED) is 0.415. The number of hydrazone groups is 1. The number of rotatable bonds is 7. The number of nitrogens with one attached hydrogen (secondary N) is 1. The van der Waals surface area contributed by atoms with E-state index in [0.29, 0.717) is 5.56 Å². The Hall–Kier alpha value is -2.81. The van der Waals surface area contributed by atoms with Crippen LogP contribution in [0.2, 0.25) is 5.02 Å². The summed E-state index contributed by atoms with van der Waals surface area (Å²) >= 11 is 5.78. The molecule has 2 aromatic rings. The third-order valence-electron chi connectivity index (χ3n) is 4.93. The number of piperazine rings is 1. The van der Waals surface area contributed by atoms with Crippen molar-refractivity contribution in [2.45, 2.75) is 13.5 Å². The summed E-state index contributed by atoms with van der Waals surface area (Å²) < 4.78 is 0. The molecule has 0 atom stereocenters. The fraction of sp³-hybridized carbons (Fsp3) is 0.333. The number of halogens is 1. The number of nitro groups is 1. The van der Waals surface area contributed by atoms with Crippen LogP contribution in [-0.4, -0.2) is 59.6 Å². The molecule has 1 N–H and O–H groups in total. The molecule has 0 aromatic heterocycles. The Morgan fingerprint density at radius 1 is 1.17 bits per heavy atom. The van der Waals surface area contributed by atoms with E-state index in [2.05, 4.69) is 51.5 Å². The standard InChI is InChI=1S/C21H24ClN5O3/c1-16-2-4-17(5-3-16)14-25-8-10-26(11-9-25)15-21(28)24-23-13-18-6-7-19(22)20(12-18)27(29)30/h2-7,12-13H,8-11,14-15H2,1H3,(H,24,28)/b23-13+. The minimum Gasteiger partial charge on any atom is -0.297 e. The summed E-state index contributed by atoms with van der Waals surface area (Å²) in [6.45, 7) is 6.68. The molecule has 1 saturated heterocycles. The molecule has 0 saturated carbocycles. The van der Waals surface area contributed by atoms with Crippen LogP contribution in [0.5, 0.6) is 0 Å². The van der Waals surface area contributed by atoms with Crippen molar-refractivity contribution in [3.8, 4) is 0 Å². The summed E-state index contributed by atoms with van der Waals surface area (Å²) in [4.78, 5) is 26.9. The highest BCUT2D eigenvalue weighted by Crippen LogP contribution is 2.24. The summed E-state index contributed by atoms with van der Waals surface area (Å²) in [6, 6.07) is 12.9. The maximum absolute atomic E-state index is 12.1. The number of carbonyl (C=O) groups excluding carboxylic acids is 1. The first-order valence-corrected chi connectivity index (χ1v) is 10.0. The van der Waals surface area contributed by atoms with E-state index in [1.807, 2.05) is 0 Å². The van der Waals surface area contributed by atoms with Crippen molar-refractivity contribution in [3.05, 3.63) is 74.3 Å². The van der Waals surface area contributed by atoms with Crippen molar-refractivity contribution >= 4 is 29.4 Å². The van der Waals surface area contributed by atoms with Gasteiger partial charge in [-0.05, 0) is 18.6 Å². The fourth-order valence-electron chi connectivity index (χ4n) is 3.22. The number of benzene rings is 2. The molecule has 30 heavy (non-hydrogen) atoms. The molecule has 8 nitrogen and oxygen atoms in total. The highest BCUT2D eigenvalue weighted by atomic mass is 35.5. The predicted octanol–water partition coefficient (Wildman–Crippen LogP) is 2.82. The van der Waals surface area contributed by atoms with Crippen molar-refractivity contribution in [1.82, 2.24) is 15.2 Å². The number of aryl methyl sites for hydroxylation is 1. The zero-order chi connectivity index (χ0) is 21.5. The van der Waals surface area contributed by atoms with Gasteiger partial charge in [-0.15, -0.1) is 0 Å². The Bertz CT molecular complexity index is 925. The molecule has 0 aliphatic carbocycles. The largest absolute Gasteiger partial charge is 0.297 e. The highest BCUT2D eigenvalue weighted by Gasteiger charge is 2.19. The van der Waals surface area contributed by atoms with Gasteiger partial charge >= 0.3 is 0 Å². The van der Waals surface area contributed by atoms with Gasteiger partial charge in [0, 0.05) is 44.4 Å². The van der Waals surface area contributed by atoms with E-state index in [0.717, 1.165) is 32.7 Å². The van der Waals surface area contributed by atoms with E-state index in [-0.39, 0.29) is 23.2 Å². The Balaban J connectivity index is 1.41. The Morgan fingerprint density at radius 2 is 1.83 bits per heavy atom. The molecule has 1 aliphatic rings. The lowest BCUT2D eigenvalue weighted by Gasteiger charge is -2.34. The number of carbonyl (C=O) groups is 1. The molecule has 9 heteroatoms. The molecule has 3 rings (SSSR count). The second-order valence-electron chi connectivity index (χ2n) is 7.30. The average molecular weight is 430 g/mol. The van der Waals surface area contributed by atoms with Crippen molar-refractivity contribution in [2.24, 2.45) is 5.10 Å². The normalized spacial score (nSPS) is 15.4. The predicted molar refractivity (Wildman–Crippen MR) is 117 cm³/mol. The van der Waals surface area contributed by atoms with E-state index < -0.39 is 4.92 Å². The fourth-order valence-corrected chi connectivity index (χ4v) is 3.41. The van der Waals surface area contributed by atoms with E-state index in [9.17, 15) is 14.9 Å². The summed E-state index contributed by atoms with van der Waals surface area (Å²) in [7, 11) is 0. The van der Waals surface area contributed by atoms with Crippen LogP contribution in [0.4, 0.5) is 5.69 Å². The van der Waals surface area contributed by atoms with Gasteiger partial charge in [-0.2, -0.15) is 5.10 Å². The lowest BCUT2D eigenvalue weighted by Crippen LogP contribution is -2.48. The number of amides is 1. The lowest BCUT2D eigenvalue weighted by molar-refractivity contribution is -0.384. The third-order valence-corrected chi connectivity index (χ3v) is 5.25. The zero-order valence-corrected chi connectivity index (χ0v) is 17.5. The summed E-state index contributed by atoms with van der Waals surface area (Å²) in [6.07, 6.45) is 1.36. The van der Waals surface area contributed by atoms with Crippen LogP contribution in [-0.2, 0) is 11.3 Å². The van der Waals surface area contributed by atoms with Crippen LogP contribution < -0.4 is 5.43 Å². The SMILES string of the molecule is Cc1ccc(CN2CCN(CC(=O)N/N=C/c3ccc(Cl)c([N+](=O)[O-])c3)CC2)cc1. The Morgan fingerprint density at radius 3 is 2.50 bits per heavy atom. The monoisotopic (exact) mass is 429 g/mol.